The Hall–Kier alpha value is -3.89. The van der Waals surface area contributed by atoms with Crippen LogP contribution in [0.25, 0.3) is 16.2 Å². The highest BCUT2D eigenvalue weighted by Crippen LogP contribution is 2.31. The molecule has 2 aliphatic rings. The maximum absolute atomic E-state index is 12.6. The third kappa shape index (κ3) is 7.30. The number of carbonyl (C=O) groups excluding carboxylic acids is 3. The van der Waals surface area contributed by atoms with Gasteiger partial charge in [0.15, 0.2) is 0 Å². The molecule has 0 spiro atoms. The Labute approximate surface area is 257 Å². The molecule has 0 saturated heterocycles. The van der Waals surface area contributed by atoms with E-state index in [2.05, 4.69) is 55.6 Å². The fraction of sp³-hybridized carbons (Fsp3) is 0.281. The number of carbonyl (C=O) groups is 3. The van der Waals surface area contributed by atoms with E-state index >= 15 is 0 Å². The van der Waals surface area contributed by atoms with E-state index in [4.69, 9.17) is 0 Å². The predicted octanol–water partition coefficient (Wildman–Crippen LogP) is 6.67. The molecule has 1 aromatic carbocycles. The second kappa shape index (κ2) is 13.4. The van der Waals surface area contributed by atoms with E-state index in [0.717, 1.165) is 46.8 Å². The first-order valence-corrected chi connectivity index (χ1v) is 15.5. The summed E-state index contributed by atoms with van der Waals surface area (Å²) in [6.45, 7) is 2.70. The van der Waals surface area contributed by atoms with Gasteiger partial charge in [-0.3, -0.25) is 14.4 Å². The summed E-state index contributed by atoms with van der Waals surface area (Å²) in [5.74, 6) is 1.37. The fourth-order valence-electron chi connectivity index (χ4n) is 4.94. The van der Waals surface area contributed by atoms with E-state index in [-0.39, 0.29) is 17.7 Å². The van der Waals surface area contributed by atoms with Crippen molar-refractivity contribution in [3.8, 4) is 0 Å². The topological polar surface area (TPSA) is 104 Å². The highest BCUT2D eigenvalue weighted by molar-refractivity contribution is 9.10. The van der Waals surface area contributed by atoms with Gasteiger partial charge < -0.3 is 15.5 Å². The molecule has 0 bridgehead atoms. The zero-order valence-corrected chi connectivity index (χ0v) is 26.0. The minimum Gasteiger partial charge on any atom is -0.337 e. The maximum atomic E-state index is 12.6. The molecule has 2 aliphatic heterocycles. The first-order valence-electron chi connectivity index (χ1n) is 13.9. The number of nitrogens with one attached hydrogen (secondary N) is 2. The normalized spacial score (nSPS) is 14.5. The Morgan fingerprint density at radius 1 is 0.976 bits per heavy atom. The van der Waals surface area contributed by atoms with Crippen molar-refractivity contribution >= 4 is 72.8 Å². The molecule has 0 atom stereocenters. The number of pyridine rings is 2. The number of amides is 3. The Bertz CT molecular complexity index is 1680. The molecular formula is C32H32BrN5O3S. The minimum atomic E-state index is -0.0508. The molecule has 2 N–H and O–H groups in total. The van der Waals surface area contributed by atoms with Crippen LogP contribution in [0, 0.1) is 6.92 Å². The molecule has 8 nitrogen and oxygen atoms in total. The van der Waals surface area contributed by atoms with Crippen molar-refractivity contribution in [2.45, 2.75) is 52.0 Å². The molecule has 0 radical (unpaired) electrons. The molecule has 42 heavy (non-hydrogen) atoms. The number of hydrogen-bond donors (Lipinski definition) is 2. The first kappa shape index (κ1) is 29.6. The lowest BCUT2D eigenvalue weighted by Gasteiger charge is -2.14. The molecule has 216 valence electrons. The summed E-state index contributed by atoms with van der Waals surface area (Å²) in [5, 5.41) is 6.86. The molecule has 0 aliphatic carbocycles. The van der Waals surface area contributed by atoms with Crippen LogP contribution in [0.4, 0.5) is 11.6 Å². The zero-order valence-electron chi connectivity index (χ0n) is 23.6. The second-order valence-electron chi connectivity index (χ2n) is 10.4. The lowest BCUT2D eigenvalue weighted by molar-refractivity contribution is -0.125. The minimum absolute atomic E-state index is 0.00729. The molecule has 0 fully saturated rings. The highest BCUT2D eigenvalue weighted by atomic mass is 79.9. The lowest BCUT2D eigenvalue weighted by Crippen LogP contribution is -2.23. The number of halogens is 1. The number of hydrogen-bond acceptors (Lipinski definition) is 6. The summed E-state index contributed by atoms with van der Waals surface area (Å²) in [6.07, 6.45) is 11.3. The van der Waals surface area contributed by atoms with Gasteiger partial charge in [-0.2, -0.15) is 0 Å². The second-order valence-corrected chi connectivity index (χ2v) is 12.5. The molecule has 5 heterocycles. The predicted molar refractivity (Wildman–Crippen MR) is 171 cm³/mol. The van der Waals surface area contributed by atoms with Gasteiger partial charge in [0.05, 0.1) is 6.54 Å². The molecular weight excluding hydrogens is 614 g/mol. The summed E-state index contributed by atoms with van der Waals surface area (Å²) in [4.78, 5) is 46.8. The van der Waals surface area contributed by atoms with Crippen LogP contribution >= 0.6 is 27.3 Å². The number of aryl methyl sites for hydroxylation is 3. The molecule has 10 heteroatoms. The van der Waals surface area contributed by atoms with Crippen LogP contribution in [-0.2, 0) is 33.8 Å². The van der Waals surface area contributed by atoms with Gasteiger partial charge in [-0.25, -0.2) is 9.97 Å². The summed E-state index contributed by atoms with van der Waals surface area (Å²) >= 11 is 5.10. The third-order valence-corrected chi connectivity index (χ3v) is 8.95. The van der Waals surface area contributed by atoms with Gasteiger partial charge in [-0.05, 0) is 100 Å². The van der Waals surface area contributed by atoms with E-state index in [9.17, 15) is 14.4 Å². The largest absolute Gasteiger partial charge is 0.337 e. The first-order chi connectivity index (χ1) is 20.3. The number of aromatic nitrogens is 2. The molecule has 4 aromatic rings. The standard InChI is InChI=1S/C23H23N3O2S.C9H9BrN2O/c1-15-18-7-3-4-8-19(18)29-20(15)14-26(2)22(28)11-10-16-12-17-6-5-9-21(27)25-23(17)24-13-16;10-7-4-6-2-1-3-8(13)12-9(6)11-5-7/h3-4,7-8,10-13H,5-6,9,14H2,1-2H3,(H,24,25,27);4-5H,1-3H2,(H,11,12,13)/b11-10+;. The summed E-state index contributed by atoms with van der Waals surface area (Å²) in [7, 11) is 1.82. The van der Waals surface area contributed by atoms with Crippen molar-refractivity contribution in [3.63, 3.8) is 0 Å². The average molecular weight is 647 g/mol. The third-order valence-electron chi connectivity index (χ3n) is 7.25. The number of nitrogens with zero attached hydrogens (tertiary/aromatic N) is 3. The van der Waals surface area contributed by atoms with Crippen molar-refractivity contribution in [1.82, 2.24) is 14.9 Å². The number of thiophene rings is 1. The van der Waals surface area contributed by atoms with E-state index in [0.29, 0.717) is 31.0 Å². The summed E-state index contributed by atoms with van der Waals surface area (Å²) < 4.78 is 2.21. The highest BCUT2D eigenvalue weighted by Gasteiger charge is 2.16. The van der Waals surface area contributed by atoms with Gasteiger partial charge in [0.25, 0.3) is 0 Å². The van der Waals surface area contributed by atoms with Crippen molar-refractivity contribution < 1.29 is 14.4 Å². The van der Waals surface area contributed by atoms with Gasteiger partial charge in [-0.15, -0.1) is 11.3 Å². The number of anilines is 2. The molecule has 3 amide bonds. The van der Waals surface area contributed by atoms with Crippen LogP contribution in [0.1, 0.15) is 52.8 Å². The molecule has 3 aromatic heterocycles. The quantitative estimate of drug-likeness (QED) is 0.241. The van der Waals surface area contributed by atoms with E-state index < -0.39 is 0 Å². The Balaban J connectivity index is 0.000000226. The summed E-state index contributed by atoms with van der Waals surface area (Å²) in [6, 6.07) is 12.3. The Morgan fingerprint density at radius 3 is 2.31 bits per heavy atom. The number of rotatable bonds is 4. The number of likely N-dealkylation sites (N-methyl/N-ethyl adjacent to an activating group) is 1. The van der Waals surface area contributed by atoms with Crippen LogP contribution in [0.2, 0.25) is 0 Å². The average Bonchev–Trinajstić information content (AvgIpc) is 3.09. The SMILES string of the molecule is Cc1c(CN(C)C(=O)/C=C/c2cnc3c(c2)CCCC(=O)N3)sc2ccccc12.O=C1CCCc2cc(Br)cnc2N1. The van der Waals surface area contributed by atoms with E-state index in [1.807, 2.05) is 31.3 Å². The number of benzene rings is 1. The number of fused-ring (bicyclic) bond motifs is 3. The maximum Gasteiger partial charge on any atom is 0.246 e. The van der Waals surface area contributed by atoms with Crippen LogP contribution in [-0.4, -0.2) is 39.6 Å². The van der Waals surface area contributed by atoms with Gasteiger partial charge in [0, 0.05) is 52.4 Å². The Morgan fingerprint density at radius 2 is 1.62 bits per heavy atom. The summed E-state index contributed by atoms with van der Waals surface area (Å²) in [5.41, 5.74) is 4.23. The van der Waals surface area contributed by atoms with Crippen molar-refractivity contribution in [2.24, 2.45) is 0 Å². The van der Waals surface area contributed by atoms with Crippen LogP contribution in [0.3, 0.4) is 0 Å². The van der Waals surface area contributed by atoms with Crippen molar-refractivity contribution in [1.29, 1.82) is 0 Å². The van der Waals surface area contributed by atoms with Crippen LogP contribution in [0.5, 0.6) is 0 Å². The molecule has 0 saturated carbocycles. The monoisotopic (exact) mass is 645 g/mol. The van der Waals surface area contributed by atoms with E-state index in [1.54, 1.807) is 40.8 Å². The van der Waals surface area contributed by atoms with Crippen molar-refractivity contribution in [2.75, 3.05) is 17.7 Å². The van der Waals surface area contributed by atoms with E-state index in [1.165, 1.54) is 20.5 Å². The van der Waals surface area contributed by atoms with Crippen LogP contribution in [0.15, 0.2) is 59.3 Å². The van der Waals surface area contributed by atoms with Gasteiger partial charge in [-0.1, -0.05) is 18.2 Å². The van der Waals surface area contributed by atoms with Gasteiger partial charge in [0.2, 0.25) is 17.7 Å². The lowest BCUT2D eigenvalue weighted by atomic mass is 10.1. The molecule has 0 unspecified atom stereocenters. The van der Waals surface area contributed by atoms with Gasteiger partial charge >= 0.3 is 0 Å². The van der Waals surface area contributed by atoms with Crippen molar-refractivity contribution in [3.05, 3.63) is 86.5 Å². The smallest absolute Gasteiger partial charge is 0.246 e. The zero-order chi connectivity index (χ0) is 29.6. The van der Waals surface area contributed by atoms with Crippen LogP contribution < -0.4 is 10.6 Å². The molecule has 6 rings (SSSR count). The fourth-order valence-corrected chi connectivity index (χ4v) is 6.58. The Kier molecular flexibility index (Phi) is 9.44. The van der Waals surface area contributed by atoms with Gasteiger partial charge in [0.1, 0.15) is 11.6 Å².